The van der Waals surface area contributed by atoms with Gasteiger partial charge in [0, 0.05) is 28.0 Å². The molecule has 1 aromatic carbocycles. The van der Waals surface area contributed by atoms with Gasteiger partial charge >= 0.3 is 0 Å². The minimum Gasteiger partial charge on any atom is -0.369 e. The highest BCUT2D eigenvalue weighted by Gasteiger charge is 2.13. The van der Waals surface area contributed by atoms with Gasteiger partial charge in [-0.3, -0.25) is 4.40 Å². The Morgan fingerprint density at radius 3 is 3.11 bits per heavy atom. The summed E-state index contributed by atoms with van der Waals surface area (Å²) >= 11 is 1.65. The normalized spacial score (nSPS) is 11.6. The second-order valence-electron chi connectivity index (χ2n) is 4.16. The molecule has 0 atom stereocenters. The molecule has 0 aliphatic carbocycles. The van der Waals surface area contributed by atoms with Crippen LogP contribution >= 0.6 is 11.3 Å². The van der Waals surface area contributed by atoms with Crippen LogP contribution in [0.15, 0.2) is 42.0 Å². The number of nitrogens with zero attached hydrogens (tertiary/aromatic N) is 2. The van der Waals surface area contributed by atoms with Crippen molar-refractivity contribution in [3.05, 3.63) is 42.0 Å². The molecule has 0 unspecified atom stereocenters. The number of anilines is 1. The fourth-order valence-electron chi connectivity index (χ4n) is 2.31. The number of rotatable bonds is 1. The number of aromatic nitrogens is 3. The first-order chi connectivity index (χ1) is 8.84. The van der Waals surface area contributed by atoms with Crippen molar-refractivity contribution >= 4 is 33.0 Å². The van der Waals surface area contributed by atoms with Crippen molar-refractivity contribution in [1.82, 2.24) is 14.4 Å². The van der Waals surface area contributed by atoms with Crippen molar-refractivity contribution in [1.29, 1.82) is 0 Å². The zero-order valence-electron chi connectivity index (χ0n) is 9.42. The van der Waals surface area contributed by atoms with E-state index in [1.807, 2.05) is 22.7 Å². The van der Waals surface area contributed by atoms with Gasteiger partial charge in [0.1, 0.15) is 4.83 Å². The van der Waals surface area contributed by atoms with Crippen LogP contribution in [0.2, 0.25) is 0 Å². The smallest absolute Gasteiger partial charge is 0.206 e. The summed E-state index contributed by atoms with van der Waals surface area (Å²) in [6, 6.07) is 8.25. The van der Waals surface area contributed by atoms with Crippen molar-refractivity contribution in [3.63, 3.8) is 0 Å². The van der Waals surface area contributed by atoms with Gasteiger partial charge in [0.2, 0.25) is 5.95 Å². The van der Waals surface area contributed by atoms with Gasteiger partial charge in [0.05, 0.1) is 11.9 Å². The second-order valence-corrected chi connectivity index (χ2v) is 5.05. The summed E-state index contributed by atoms with van der Waals surface area (Å²) in [5.41, 5.74) is 9.29. The van der Waals surface area contributed by atoms with Crippen molar-refractivity contribution in [2.45, 2.75) is 0 Å². The number of nitrogens with two attached hydrogens (primary N) is 1. The van der Waals surface area contributed by atoms with Gasteiger partial charge in [-0.2, -0.15) is 0 Å². The Hall–Kier alpha value is -2.27. The lowest BCUT2D eigenvalue weighted by Crippen LogP contribution is -1.94. The third-order valence-corrected chi connectivity index (χ3v) is 4.02. The minimum absolute atomic E-state index is 0.534. The van der Waals surface area contributed by atoms with E-state index >= 15 is 0 Å². The van der Waals surface area contributed by atoms with Crippen LogP contribution in [0, 0.1) is 0 Å². The molecule has 0 saturated carbocycles. The summed E-state index contributed by atoms with van der Waals surface area (Å²) in [5, 5.41) is 3.31. The summed E-state index contributed by atoms with van der Waals surface area (Å²) in [6.45, 7) is 0. The molecular weight excluding hydrogens is 244 g/mol. The van der Waals surface area contributed by atoms with E-state index in [0.29, 0.717) is 5.95 Å². The van der Waals surface area contributed by atoms with E-state index in [9.17, 15) is 0 Å². The fraction of sp³-hybridized carbons (Fsp3) is 0. The zero-order chi connectivity index (χ0) is 12.1. The predicted molar refractivity (Wildman–Crippen MR) is 74.8 cm³/mol. The summed E-state index contributed by atoms with van der Waals surface area (Å²) < 4.78 is 1.99. The summed E-state index contributed by atoms with van der Waals surface area (Å²) in [4.78, 5) is 8.49. The number of hydrogen-bond acceptors (Lipinski definition) is 3. The lowest BCUT2D eigenvalue weighted by Gasteiger charge is -1.99. The Morgan fingerprint density at radius 1 is 1.28 bits per heavy atom. The second kappa shape index (κ2) is 3.36. The van der Waals surface area contributed by atoms with E-state index in [-0.39, 0.29) is 0 Å². The highest BCUT2D eigenvalue weighted by Crippen LogP contribution is 2.33. The maximum Gasteiger partial charge on any atom is 0.206 e. The first-order valence-corrected chi connectivity index (χ1v) is 6.49. The first kappa shape index (κ1) is 9.73. The first-order valence-electron chi connectivity index (χ1n) is 5.61. The third-order valence-electron chi connectivity index (χ3n) is 3.15. The molecule has 4 rings (SSSR count). The van der Waals surface area contributed by atoms with E-state index in [1.165, 1.54) is 5.39 Å². The van der Waals surface area contributed by atoms with Crippen LogP contribution in [-0.4, -0.2) is 14.4 Å². The maximum absolute atomic E-state index is 5.92. The number of nitrogen functional groups attached to an aromatic ring is 1. The van der Waals surface area contributed by atoms with Gasteiger partial charge in [-0.1, -0.05) is 18.2 Å². The van der Waals surface area contributed by atoms with E-state index in [2.05, 4.69) is 27.5 Å². The molecule has 0 bridgehead atoms. The minimum atomic E-state index is 0.534. The van der Waals surface area contributed by atoms with Gasteiger partial charge in [-0.05, 0) is 6.07 Å². The molecule has 0 fully saturated rings. The van der Waals surface area contributed by atoms with E-state index in [1.54, 1.807) is 17.5 Å². The topological polar surface area (TPSA) is 59.1 Å². The lowest BCUT2D eigenvalue weighted by atomic mass is 10.1. The van der Waals surface area contributed by atoms with E-state index in [0.717, 1.165) is 21.6 Å². The molecule has 0 aliphatic rings. The highest BCUT2D eigenvalue weighted by atomic mass is 32.1. The number of para-hydroxylation sites is 1. The molecule has 5 heteroatoms. The number of thiazole rings is 1. The number of fused-ring (bicyclic) bond motifs is 2. The predicted octanol–water partition coefficient (Wildman–Crippen LogP) is 3.13. The third kappa shape index (κ3) is 1.16. The van der Waals surface area contributed by atoms with Crippen LogP contribution in [0.4, 0.5) is 5.95 Å². The molecule has 3 aromatic heterocycles. The quantitative estimate of drug-likeness (QED) is 0.548. The standard InChI is InChI=1S/C13H10N4S/c14-13-16-6-12-17(13)11(7-18-12)9-5-15-10-4-2-1-3-8(9)10/h1-7,15H,(H2,14,16). The molecule has 0 aliphatic heterocycles. The number of imidazole rings is 1. The Kier molecular flexibility index (Phi) is 1.82. The number of hydrogen-bond donors (Lipinski definition) is 2. The van der Waals surface area contributed by atoms with Crippen molar-refractivity contribution in [2.75, 3.05) is 5.73 Å². The van der Waals surface area contributed by atoms with Crippen LogP contribution in [0.25, 0.3) is 27.0 Å². The SMILES string of the molecule is Nc1ncc2scc(-c3c[nH]c4ccccc34)n12. The van der Waals surface area contributed by atoms with Crippen LogP contribution in [0.5, 0.6) is 0 Å². The number of nitrogens with one attached hydrogen (secondary N) is 1. The summed E-state index contributed by atoms with van der Waals surface area (Å²) in [5.74, 6) is 0.534. The fourth-order valence-corrected chi connectivity index (χ4v) is 3.19. The maximum atomic E-state index is 5.92. The monoisotopic (exact) mass is 254 g/mol. The highest BCUT2D eigenvalue weighted by molar-refractivity contribution is 7.16. The van der Waals surface area contributed by atoms with Gasteiger partial charge in [-0.15, -0.1) is 11.3 Å². The van der Waals surface area contributed by atoms with Crippen molar-refractivity contribution < 1.29 is 0 Å². The van der Waals surface area contributed by atoms with Crippen LogP contribution in [0.3, 0.4) is 0 Å². The molecule has 4 nitrogen and oxygen atoms in total. The number of H-pyrrole nitrogens is 1. The molecule has 4 aromatic rings. The molecule has 88 valence electrons. The van der Waals surface area contributed by atoms with Crippen molar-refractivity contribution in [2.24, 2.45) is 0 Å². The van der Waals surface area contributed by atoms with E-state index in [4.69, 9.17) is 5.73 Å². The lowest BCUT2D eigenvalue weighted by molar-refractivity contribution is 1.20. The molecular formula is C13H10N4S. The van der Waals surface area contributed by atoms with Gasteiger partial charge in [-0.25, -0.2) is 4.98 Å². The van der Waals surface area contributed by atoms with E-state index < -0.39 is 0 Å². The Balaban J connectivity index is 2.10. The number of benzene rings is 1. The molecule has 0 saturated heterocycles. The molecule has 3 heterocycles. The molecule has 0 amide bonds. The van der Waals surface area contributed by atoms with Crippen molar-refractivity contribution in [3.8, 4) is 11.3 Å². The largest absolute Gasteiger partial charge is 0.369 e. The summed E-state index contributed by atoms with van der Waals surface area (Å²) in [7, 11) is 0. The Labute approximate surface area is 107 Å². The van der Waals surface area contributed by atoms with Crippen LogP contribution in [0.1, 0.15) is 0 Å². The average Bonchev–Trinajstić information content (AvgIpc) is 3.06. The van der Waals surface area contributed by atoms with Gasteiger partial charge in [0.15, 0.2) is 0 Å². The molecule has 3 N–H and O–H groups in total. The average molecular weight is 254 g/mol. The molecule has 18 heavy (non-hydrogen) atoms. The van der Waals surface area contributed by atoms with Crippen LogP contribution < -0.4 is 5.73 Å². The Bertz CT molecular complexity index is 852. The molecule has 0 radical (unpaired) electrons. The Morgan fingerprint density at radius 2 is 2.17 bits per heavy atom. The van der Waals surface area contributed by atoms with Gasteiger partial charge < -0.3 is 10.7 Å². The molecule has 0 spiro atoms. The zero-order valence-corrected chi connectivity index (χ0v) is 10.2. The number of aromatic amines is 1. The summed E-state index contributed by atoms with van der Waals surface area (Å²) in [6.07, 6.45) is 3.82. The van der Waals surface area contributed by atoms with Gasteiger partial charge in [0.25, 0.3) is 0 Å². The van der Waals surface area contributed by atoms with Crippen LogP contribution in [-0.2, 0) is 0 Å².